The molecule has 1 N–H and O–H groups in total. The molecule has 0 amide bonds. The molecule has 21 heavy (non-hydrogen) atoms. The number of hydrogen-bond donors (Lipinski definition) is 1. The predicted octanol–water partition coefficient (Wildman–Crippen LogP) is 4.46. The minimum absolute atomic E-state index is 0.137. The topological polar surface area (TPSA) is 46.5 Å². The van der Waals surface area contributed by atoms with Crippen molar-refractivity contribution in [3.8, 4) is 5.75 Å². The lowest BCUT2D eigenvalue weighted by molar-refractivity contribution is 0.0697. The maximum atomic E-state index is 13.1. The van der Waals surface area contributed by atoms with Crippen LogP contribution in [0.4, 0.5) is 4.39 Å². The van der Waals surface area contributed by atoms with Gasteiger partial charge in [0.2, 0.25) is 0 Å². The molecule has 1 aromatic heterocycles. The number of halogens is 1. The van der Waals surface area contributed by atoms with Gasteiger partial charge < -0.3 is 9.84 Å². The zero-order valence-corrected chi connectivity index (χ0v) is 13.0. The summed E-state index contributed by atoms with van der Waals surface area (Å²) in [6.45, 7) is 6.18. The van der Waals surface area contributed by atoms with E-state index in [1.54, 1.807) is 18.2 Å². The molecule has 0 saturated carbocycles. The third-order valence-corrected chi connectivity index (χ3v) is 4.44. The average molecular weight is 308 g/mol. The lowest BCUT2D eigenvalue weighted by Crippen LogP contribution is -2.08. The van der Waals surface area contributed by atoms with Crippen molar-refractivity contribution in [3.05, 3.63) is 51.5 Å². The van der Waals surface area contributed by atoms with Crippen LogP contribution in [0.25, 0.3) is 0 Å². The number of aromatic carboxylic acids is 1. The van der Waals surface area contributed by atoms with Crippen molar-refractivity contribution in [2.45, 2.75) is 32.8 Å². The first kappa shape index (κ1) is 15.5. The Labute approximate surface area is 127 Å². The Morgan fingerprint density at radius 1 is 1.33 bits per heavy atom. The SMILES string of the molecule is CC(C)(C)c1cc(OCc2cccc(F)c2)c(C(=O)O)s1. The lowest BCUT2D eigenvalue weighted by Gasteiger charge is -2.14. The second kappa shape index (κ2) is 5.85. The maximum Gasteiger partial charge on any atom is 0.349 e. The van der Waals surface area contributed by atoms with E-state index in [4.69, 9.17) is 4.74 Å². The van der Waals surface area contributed by atoms with E-state index in [0.29, 0.717) is 11.3 Å². The van der Waals surface area contributed by atoms with E-state index in [0.717, 1.165) is 4.88 Å². The molecule has 1 heterocycles. The van der Waals surface area contributed by atoms with Crippen LogP contribution in [0, 0.1) is 5.82 Å². The highest BCUT2D eigenvalue weighted by Gasteiger charge is 2.23. The number of carboxylic acids is 1. The highest BCUT2D eigenvalue weighted by molar-refractivity contribution is 7.14. The summed E-state index contributed by atoms with van der Waals surface area (Å²) in [5.41, 5.74) is 0.518. The van der Waals surface area contributed by atoms with Gasteiger partial charge in [0, 0.05) is 4.88 Å². The van der Waals surface area contributed by atoms with Gasteiger partial charge in [-0.15, -0.1) is 11.3 Å². The van der Waals surface area contributed by atoms with Crippen molar-refractivity contribution < 1.29 is 19.0 Å². The van der Waals surface area contributed by atoms with Crippen molar-refractivity contribution in [1.82, 2.24) is 0 Å². The number of carboxylic acid groups (broad SMARTS) is 1. The second-order valence-electron chi connectivity index (χ2n) is 5.78. The van der Waals surface area contributed by atoms with Gasteiger partial charge in [0.1, 0.15) is 18.2 Å². The highest BCUT2D eigenvalue weighted by atomic mass is 32.1. The van der Waals surface area contributed by atoms with E-state index in [-0.39, 0.29) is 22.7 Å². The first-order valence-corrected chi connectivity index (χ1v) is 7.34. The Morgan fingerprint density at radius 3 is 2.62 bits per heavy atom. The first-order chi connectivity index (χ1) is 9.77. The van der Waals surface area contributed by atoms with Crippen molar-refractivity contribution in [3.63, 3.8) is 0 Å². The molecule has 3 nitrogen and oxygen atoms in total. The number of carbonyl (C=O) groups is 1. The fraction of sp³-hybridized carbons (Fsp3) is 0.312. The standard InChI is InChI=1S/C16H17FO3S/c1-16(2,3)13-8-12(14(21-13)15(18)19)20-9-10-5-4-6-11(17)7-10/h4-8H,9H2,1-3H3,(H,18,19). The van der Waals surface area contributed by atoms with Gasteiger partial charge in [-0.2, -0.15) is 0 Å². The summed E-state index contributed by atoms with van der Waals surface area (Å²) in [5, 5.41) is 9.26. The monoisotopic (exact) mass is 308 g/mol. The van der Waals surface area contributed by atoms with Crippen LogP contribution in [0.1, 0.15) is 40.9 Å². The van der Waals surface area contributed by atoms with Crippen LogP contribution >= 0.6 is 11.3 Å². The lowest BCUT2D eigenvalue weighted by atomic mass is 9.95. The van der Waals surface area contributed by atoms with Gasteiger partial charge in [-0.1, -0.05) is 32.9 Å². The molecule has 0 aliphatic heterocycles. The number of thiophene rings is 1. The first-order valence-electron chi connectivity index (χ1n) is 6.52. The zero-order valence-electron chi connectivity index (χ0n) is 12.1. The average Bonchev–Trinajstić information content (AvgIpc) is 2.80. The van der Waals surface area contributed by atoms with Gasteiger partial charge in [0.15, 0.2) is 4.88 Å². The molecule has 0 aliphatic carbocycles. The third kappa shape index (κ3) is 3.82. The molecule has 2 aromatic rings. The molecule has 0 aliphatic rings. The molecule has 0 radical (unpaired) electrons. The summed E-state index contributed by atoms with van der Waals surface area (Å²) in [7, 11) is 0. The quantitative estimate of drug-likeness (QED) is 0.907. The number of benzene rings is 1. The van der Waals surface area contributed by atoms with E-state index in [2.05, 4.69) is 0 Å². The Hall–Kier alpha value is -1.88. The molecule has 0 fully saturated rings. The van der Waals surface area contributed by atoms with Gasteiger partial charge in [0.25, 0.3) is 0 Å². The van der Waals surface area contributed by atoms with E-state index in [1.807, 2.05) is 20.8 Å². The molecule has 0 saturated heterocycles. The smallest absolute Gasteiger partial charge is 0.349 e. The van der Waals surface area contributed by atoms with E-state index < -0.39 is 5.97 Å². The largest absolute Gasteiger partial charge is 0.487 e. The van der Waals surface area contributed by atoms with Crippen molar-refractivity contribution >= 4 is 17.3 Å². The minimum Gasteiger partial charge on any atom is -0.487 e. The summed E-state index contributed by atoms with van der Waals surface area (Å²) in [4.78, 5) is 12.4. The number of ether oxygens (including phenoxy) is 1. The summed E-state index contributed by atoms with van der Waals surface area (Å²) >= 11 is 1.21. The molecule has 5 heteroatoms. The van der Waals surface area contributed by atoms with Crippen LogP contribution in [0.15, 0.2) is 30.3 Å². The van der Waals surface area contributed by atoms with Crippen LogP contribution < -0.4 is 4.74 Å². The Morgan fingerprint density at radius 2 is 2.05 bits per heavy atom. The molecule has 112 valence electrons. The maximum absolute atomic E-state index is 13.1. The van der Waals surface area contributed by atoms with Crippen molar-refractivity contribution in [2.75, 3.05) is 0 Å². The summed E-state index contributed by atoms with van der Waals surface area (Å²) in [6.07, 6.45) is 0. The summed E-state index contributed by atoms with van der Waals surface area (Å²) < 4.78 is 18.7. The minimum atomic E-state index is -1.01. The molecule has 0 spiro atoms. The van der Waals surface area contributed by atoms with Crippen molar-refractivity contribution in [1.29, 1.82) is 0 Å². The van der Waals surface area contributed by atoms with Gasteiger partial charge in [-0.05, 0) is 29.2 Å². The zero-order chi connectivity index (χ0) is 15.6. The fourth-order valence-electron chi connectivity index (χ4n) is 1.79. The van der Waals surface area contributed by atoms with Gasteiger partial charge in [-0.3, -0.25) is 0 Å². The van der Waals surface area contributed by atoms with Crippen LogP contribution in [0.5, 0.6) is 5.75 Å². The summed E-state index contributed by atoms with van der Waals surface area (Å²) in [6, 6.07) is 7.82. The molecule has 2 rings (SSSR count). The fourth-order valence-corrected chi connectivity index (χ4v) is 2.79. The normalized spacial score (nSPS) is 11.4. The molecular formula is C16H17FO3S. The number of hydrogen-bond acceptors (Lipinski definition) is 3. The molecular weight excluding hydrogens is 291 g/mol. The van der Waals surface area contributed by atoms with E-state index >= 15 is 0 Å². The van der Waals surface area contributed by atoms with Crippen LogP contribution in [-0.4, -0.2) is 11.1 Å². The van der Waals surface area contributed by atoms with E-state index in [9.17, 15) is 14.3 Å². The number of rotatable bonds is 4. The van der Waals surface area contributed by atoms with Crippen LogP contribution in [0.2, 0.25) is 0 Å². The van der Waals surface area contributed by atoms with Crippen LogP contribution in [-0.2, 0) is 12.0 Å². The third-order valence-electron chi connectivity index (χ3n) is 2.91. The van der Waals surface area contributed by atoms with Crippen molar-refractivity contribution in [2.24, 2.45) is 0 Å². The molecule has 0 bridgehead atoms. The predicted molar refractivity (Wildman–Crippen MR) is 80.7 cm³/mol. The Kier molecular flexibility index (Phi) is 4.32. The van der Waals surface area contributed by atoms with E-state index in [1.165, 1.54) is 23.5 Å². The molecule has 0 unspecified atom stereocenters. The summed E-state index contributed by atoms with van der Waals surface area (Å²) in [5.74, 6) is -1.01. The van der Waals surface area contributed by atoms with Gasteiger partial charge >= 0.3 is 5.97 Å². The van der Waals surface area contributed by atoms with Crippen LogP contribution in [0.3, 0.4) is 0 Å². The Balaban J connectivity index is 2.23. The molecule has 1 aromatic carbocycles. The molecule has 0 atom stereocenters. The Bertz CT molecular complexity index is 656. The second-order valence-corrected chi connectivity index (χ2v) is 6.83. The van der Waals surface area contributed by atoms with Gasteiger partial charge in [-0.25, -0.2) is 9.18 Å². The van der Waals surface area contributed by atoms with Gasteiger partial charge in [0.05, 0.1) is 0 Å². The highest BCUT2D eigenvalue weighted by Crippen LogP contribution is 2.37.